The van der Waals surface area contributed by atoms with Gasteiger partial charge in [0.05, 0.1) is 36.9 Å². The minimum absolute atomic E-state index is 0.0921. The lowest BCUT2D eigenvalue weighted by atomic mass is 9.97. The van der Waals surface area contributed by atoms with E-state index in [1.807, 2.05) is 32.0 Å². The molecule has 27 heavy (non-hydrogen) atoms. The maximum atomic E-state index is 5.82. The van der Waals surface area contributed by atoms with E-state index in [1.165, 1.54) is 0 Å². The van der Waals surface area contributed by atoms with Gasteiger partial charge in [0, 0.05) is 18.7 Å². The summed E-state index contributed by atoms with van der Waals surface area (Å²) in [5, 5.41) is 3.25. The zero-order valence-electron chi connectivity index (χ0n) is 16.2. The predicted molar refractivity (Wildman–Crippen MR) is 110 cm³/mol. The number of hydrogen-bond acceptors (Lipinski definition) is 7. The number of rotatable bonds is 6. The average molecular weight is 371 g/mol. The Labute approximate surface area is 160 Å². The average Bonchev–Trinajstić information content (AvgIpc) is 2.67. The molecule has 0 aromatic heterocycles. The molecule has 7 heteroatoms. The number of nitrogen functional groups attached to an aromatic ring is 1. The van der Waals surface area contributed by atoms with E-state index in [2.05, 4.69) is 40.2 Å². The fourth-order valence-electron chi connectivity index (χ4n) is 3.27. The van der Waals surface area contributed by atoms with Crippen molar-refractivity contribution in [2.24, 2.45) is 10.8 Å². The van der Waals surface area contributed by atoms with Crippen LogP contribution in [0.15, 0.2) is 41.7 Å². The van der Waals surface area contributed by atoms with Crippen LogP contribution in [0.2, 0.25) is 0 Å². The van der Waals surface area contributed by atoms with Crippen LogP contribution in [0.25, 0.3) is 5.57 Å². The second kappa shape index (κ2) is 8.45. The number of morpholine rings is 1. The molecule has 0 bridgehead atoms. The first-order chi connectivity index (χ1) is 13.0. The van der Waals surface area contributed by atoms with E-state index in [0.717, 1.165) is 48.1 Å². The van der Waals surface area contributed by atoms with Crippen LogP contribution in [-0.2, 0) is 4.74 Å². The third-order valence-electron chi connectivity index (χ3n) is 4.57. The van der Waals surface area contributed by atoms with E-state index in [0.29, 0.717) is 0 Å². The maximum Gasteiger partial charge on any atom is 0.120 e. The quantitative estimate of drug-likeness (QED) is 0.526. The molecule has 2 aliphatic rings. The Morgan fingerprint density at radius 3 is 3.00 bits per heavy atom. The molecular weight excluding hydrogens is 342 g/mol. The summed E-state index contributed by atoms with van der Waals surface area (Å²) < 4.78 is 11.5. The Kier molecular flexibility index (Phi) is 6.03. The number of aliphatic imine (C=N–C) groups is 1. The van der Waals surface area contributed by atoms with Crippen LogP contribution >= 0.6 is 0 Å². The minimum Gasteiger partial charge on any atom is -0.491 e. The zero-order valence-corrected chi connectivity index (χ0v) is 16.2. The summed E-state index contributed by atoms with van der Waals surface area (Å²) in [4.78, 5) is 6.83. The van der Waals surface area contributed by atoms with Gasteiger partial charge in [0.2, 0.25) is 0 Å². The van der Waals surface area contributed by atoms with E-state index in [-0.39, 0.29) is 18.2 Å². The van der Waals surface area contributed by atoms with E-state index in [4.69, 9.17) is 15.3 Å². The van der Waals surface area contributed by atoms with Crippen LogP contribution in [0.4, 0.5) is 5.69 Å². The summed E-state index contributed by atoms with van der Waals surface area (Å²) in [6, 6.07) is 5.57. The Hall–Kier alpha value is -2.51. The summed E-state index contributed by atoms with van der Waals surface area (Å²) in [6.07, 6.45) is 4.13. The van der Waals surface area contributed by atoms with Gasteiger partial charge in [0.1, 0.15) is 11.6 Å². The smallest absolute Gasteiger partial charge is 0.120 e. The van der Waals surface area contributed by atoms with Gasteiger partial charge in [-0.2, -0.15) is 0 Å². The third kappa shape index (κ3) is 4.61. The fourth-order valence-corrected chi connectivity index (χ4v) is 3.27. The molecule has 0 aliphatic carbocycles. The monoisotopic (exact) mass is 371 g/mol. The Morgan fingerprint density at radius 1 is 1.48 bits per heavy atom. The van der Waals surface area contributed by atoms with E-state index >= 15 is 0 Å². The van der Waals surface area contributed by atoms with Crippen molar-refractivity contribution in [1.82, 2.24) is 10.2 Å². The van der Waals surface area contributed by atoms with E-state index in [9.17, 15) is 0 Å². The number of ether oxygens (including phenoxy) is 2. The standard InChI is InChI=1S/C20H29N5O2/c1-13(2)27-16-5-6-18(24-21)17(9-16)15(4)19-10-20(23-12-22-19)25-7-8-26-14(3)11-25/h5-6,9-10,12-14,19,24H,4,7-8,11,21H2,1-3H3,(H,22,23)/t14-,19-/m1/s1. The van der Waals surface area contributed by atoms with Crippen molar-refractivity contribution in [1.29, 1.82) is 0 Å². The summed E-state index contributed by atoms with van der Waals surface area (Å²) >= 11 is 0. The second-order valence-corrected chi connectivity index (χ2v) is 7.09. The van der Waals surface area contributed by atoms with Crippen LogP contribution in [0, 0.1) is 0 Å². The van der Waals surface area contributed by atoms with Crippen molar-refractivity contribution in [3.05, 3.63) is 42.2 Å². The molecule has 1 aromatic rings. The molecule has 2 atom stereocenters. The first-order valence-electron chi connectivity index (χ1n) is 9.31. The normalized spacial score (nSPS) is 22.3. The highest BCUT2D eigenvalue weighted by molar-refractivity contribution is 5.81. The van der Waals surface area contributed by atoms with Crippen molar-refractivity contribution in [3.63, 3.8) is 0 Å². The van der Waals surface area contributed by atoms with Crippen LogP contribution in [0.1, 0.15) is 26.3 Å². The molecule has 0 radical (unpaired) electrons. The van der Waals surface area contributed by atoms with Gasteiger partial charge in [0.25, 0.3) is 0 Å². The third-order valence-corrected chi connectivity index (χ3v) is 4.57. The van der Waals surface area contributed by atoms with Crippen molar-refractivity contribution in [3.8, 4) is 5.75 Å². The van der Waals surface area contributed by atoms with Gasteiger partial charge in [-0.05, 0) is 50.6 Å². The molecule has 1 saturated heterocycles. The largest absolute Gasteiger partial charge is 0.491 e. The van der Waals surface area contributed by atoms with Crippen molar-refractivity contribution in [2.75, 3.05) is 25.1 Å². The SMILES string of the molecule is C=C(c1cc(OC(C)C)ccc1NN)[C@H]1C=C(N2CCO[C@H](C)C2)NC=N1. The molecule has 146 valence electrons. The highest BCUT2D eigenvalue weighted by Crippen LogP contribution is 2.32. The van der Waals surface area contributed by atoms with Gasteiger partial charge in [-0.15, -0.1) is 0 Å². The molecule has 0 unspecified atom stereocenters. The minimum atomic E-state index is -0.180. The fraction of sp³-hybridized carbons (Fsp3) is 0.450. The van der Waals surface area contributed by atoms with Gasteiger partial charge in [-0.3, -0.25) is 10.8 Å². The lowest BCUT2D eigenvalue weighted by molar-refractivity contribution is -0.00743. The van der Waals surface area contributed by atoms with Gasteiger partial charge in [0.15, 0.2) is 0 Å². The number of nitrogens with one attached hydrogen (secondary N) is 2. The van der Waals surface area contributed by atoms with Crippen LogP contribution in [-0.4, -0.2) is 49.2 Å². The molecule has 2 heterocycles. The molecule has 1 fully saturated rings. The van der Waals surface area contributed by atoms with Crippen LogP contribution < -0.4 is 21.3 Å². The molecule has 3 rings (SSSR count). The topological polar surface area (TPSA) is 84.1 Å². The Morgan fingerprint density at radius 2 is 2.30 bits per heavy atom. The summed E-state index contributed by atoms with van der Waals surface area (Å²) in [5.74, 6) is 7.52. The molecule has 0 amide bonds. The number of nitrogens with two attached hydrogens (primary N) is 1. The van der Waals surface area contributed by atoms with Crippen molar-refractivity contribution >= 4 is 17.6 Å². The van der Waals surface area contributed by atoms with Gasteiger partial charge in [-0.25, -0.2) is 0 Å². The zero-order chi connectivity index (χ0) is 19.4. The molecule has 0 saturated carbocycles. The second-order valence-electron chi connectivity index (χ2n) is 7.09. The number of nitrogens with zero attached hydrogens (tertiary/aromatic N) is 2. The number of hydrogen-bond donors (Lipinski definition) is 3. The Balaban J connectivity index is 1.83. The number of hydrazine groups is 1. The summed E-state index contributed by atoms with van der Waals surface area (Å²) in [7, 11) is 0. The summed E-state index contributed by atoms with van der Waals surface area (Å²) in [5.41, 5.74) is 5.29. The lowest BCUT2D eigenvalue weighted by Gasteiger charge is -2.35. The van der Waals surface area contributed by atoms with Crippen LogP contribution in [0.5, 0.6) is 5.75 Å². The molecule has 0 spiro atoms. The van der Waals surface area contributed by atoms with Crippen LogP contribution in [0.3, 0.4) is 0 Å². The van der Waals surface area contributed by atoms with Gasteiger partial charge in [-0.1, -0.05) is 6.58 Å². The van der Waals surface area contributed by atoms with Crippen molar-refractivity contribution in [2.45, 2.75) is 39.0 Å². The number of benzene rings is 1. The highest BCUT2D eigenvalue weighted by Gasteiger charge is 2.23. The molecule has 4 N–H and O–H groups in total. The predicted octanol–water partition coefficient (Wildman–Crippen LogP) is 2.33. The van der Waals surface area contributed by atoms with E-state index in [1.54, 1.807) is 6.34 Å². The van der Waals surface area contributed by atoms with Gasteiger partial charge < -0.3 is 25.1 Å². The molecular formula is C20H29N5O2. The van der Waals surface area contributed by atoms with Gasteiger partial charge >= 0.3 is 0 Å². The number of anilines is 1. The first-order valence-corrected chi connectivity index (χ1v) is 9.31. The lowest BCUT2D eigenvalue weighted by Crippen LogP contribution is -2.44. The Bertz CT molecular complexity index is 744. The van der Waals surface area contributed by atoms with E-state index < -0.39 is 0 Å². The molecule has 1 aromatic carbocycles. The van der Waals surface area contributed by atoms with Crippen molar-refractivity contribution < 1.29 is 9.47 Å². The molecule has 7 nitrogen and oxygen atoms in total. The maximum absolute atomic E-state index is 5.82. The first kappa shape index (κ1) is 19.3. The summed E-state index contributed by atoms with van der Waals surface area (Å²) in [6.45, 7) is 12.8. The molecule has 2 aliphatic heterocycles. The highest BCUT2D eigenvalue weighted by atomic mass is 16.5.